The van der Waals surface area contributed by atoms with E-state index in [0.29, 0.717) is 11.5 Å². The molecule has 26 heavy (non-hydrogen) atoms. The number of nitriles is 1. The fourth-order valence-corrected chi connectivity index (χ4v) is 4.04. The largest absolute Gasteiger partial charge is 0.357 e. The van der Waals surface area contributed by atoms with Crippen molar-refractivity contribution in [3.05, 3.63) is 41.5 Å². The smallest absolute Gasteiger partial charge is 0.146 e. The molecule has 0 radical (unpaired) electrons. The van der Waals surface area contributed by atoms with E-state index in [1.165, 1.54) is 12.8 Å². The Bertz CT molecular complexity index is 821. The molecule has 0 aromatic carbocycles. The third-order valence-electron chi connectivity index (χ3n) is 5.32. The maximum Gasteiger partial charge on any atom is 0.146 e. The van der Waals surface area contributed by atoms with Crippen molar-refractivity contribution in [3.63, 3.8) is 0 Å². The molecule has 2 aliphatic heterocycles. The van der Waals surface area contributed by atoms with Gasteiger partial charge in [-0.1, -0.05) is 0 Å². The molecule has 134 valence electrons. The SMILES string of the molecule is Cc1nc([C@@H]2CCCN(c3ncccc3C#N)C2)cc(N2CCCC2)n1. The molecule has 6 nitrogen and oxygen atoms in total. The van der Waals surface area contributed by atoms with E-state index in [4.69, 9.17) is 4.98 Å². The number of aryl methyl sites for hydroxylation is 1. The summed E-state index contributed by atoms with van der Waals surface area (Å²) >= 11 is 0. The van der Waals surface area contributed by atoms with Gasteiger partial charge >= 0.3 is 0 Å². The number of hydrogen-bond donors (Lipinski definition) is 0. The fraction of sp³-hybridized carbons (Fsp3) is 0.500. The molecule has 2 aromatic rings. The monoisotopic (exact) mass is 348 g/mol. The quantitative estimate of drug-likeness (QED) is 0.849. The summed E-state index contributed by atoms with van der Waals surface area (Å²) in [5, 5.41) is 9.38. The number of pyridine rings is 1. The average Bonchev–Trinajstić information content (AvgIpc) is 3.22. The minimum absolute atomic E-state index is 0.348. The molecule has 6 heteroatoms. The molecule has 4 rings (SSSR count). The molecular weight excluding hydrogens is 324 g/mol. The maximum atomic E-state index is 9.38. The van der Waals surface area contributed by atoms with Gasteiger partial charge in [-0.2, -0.15) is 5.26 Å². The minimum Gasteiger partial charge on any atom is -0.357 e. The van der Waals surface area contributed by atoms with Crippen molar-refractivity contribution in [2.24, 2.45) is 0 Å². The van der Waals surface area contributed by atoms with Crippen LogP contribution in [0.2, 0.25) is 0 Å². The zero-order chi connectivity index (χ0) is 17.9. The first-order chi connectivity index (χ1) is 12.7. The van der Waals surface area contributed by atoms with Crippen LogP contribution in [0.4, 0.5) is 11.6 Å². The van der Waals surface area contributed by atoms with Crippen LogP contribution in [0.1, 0.15) is 48.7 Å². The predicted octanol–water partition coefficient (Wildman–Crippen LogP) is 3.04. The number of anilines is 2. The molecule has 0 bridgehead atoms. The summed E-state index contributed by atoms with van der Waals surface area (Å²) < 4.78 is 0. The van der Waals surface area contributed by atoms with Gasteiger partial charge < -0.3 is 9.80 Å². The third-order valence-corrected chi connectivity index (χ3v) is 5.32. The molecule has 2 aliphatic rings. The normalized spacial score (nSPS) is 20.2. The molecular formula is C20H24N6. The molecule has 2 fully saturated rings. The summed E-state index contributed by atoms with van der Waals surface area (Å²) in [6.07, 6.45) is 6.44. The van der Waals surface area contributed by atoms with Gasteiger partial charge in [-0.15, -0.1) is 0 Å². The first-order valence-corrected chi connectivity index (χ1v) is 9.45. The van der Waals surface area contributed by atoms with E-state index in [1.54, 1.807) is 6.20 Å². The van der Waals surface area contributed by atoms with E-state index in [9.17, 15) is 5.26 Å². The second kappa shape index (κ2) is 7.28. The molecule has 2 saturated heterocycles. The Morgan fingerprint density at radius 2 is 1.92 bits per heavy atom. The molecule has 0 unspecified atom stereocenters. The molecule has 0 aliphatic carbocycles. The third kappa shape index (κ3) is 3.34. The van der Waals surface area contributed by atoms with Crippen LogP contribution in [0, 0.1) is 18.3 Å². The van der Waals surface area contributed by atoms with Crippen LogP contribution in [-0.2, 0) is 0 Å². The Hall–Kier alpha value is -2.68. The summed E-state index contributed by atoms with van der Waals surface area (Å²) in [7, 11) is 0. The van der Waals surface area contributed by atoms with Crippen molar-refractivity contribution >= 4 is 11.6 Å². The summed E-state index contributed by atoms with van der Waals surface area (Å²) in [4.78, 5) is 18.5. The molecule has 1 atom stereocenters. The lowest BCUT2D eigenvalue weighted by molar-refractivity contribution is 0.497. The summed E-state index contributed by atoms with van der Waals surface area (Å²) in [5.74, 6) is 3.06. The fourth-order valence-electron chi connectivity index (χ4n) is 4.04. The van der Waals surface area contributed by atoms with Crippen LogP contribution < -0.4 is 9.80 Å². The van der Waals surface area contributed by atoms with Crippen molar-refractivity contribution in [1.82, 2.24) is 15.0 Å². The van der Waals surface area contributed by atoms with E-state index in [1.807, 2.05) is 19.1 Å². The van der Waals surface area contributed by atoms with Gasteiger partial charge in [0.25, 0.3) is 0 Å². The molecule has 0 N–H and O–H groups in total. The number of rotatable bonds is 3. The Morgan fingerprint density at radius 3 is 2.73 bits per heavy atom. The second-order valence-corrected chi connectivity index (χ2v) is 7.16. The van der Waals surface area contributed by atoms with Crippen LogP contribution in [0.15, 0.2) is 24.4 Å². The van der Waals surface area contributed by atoms with Gasteiger partial charge in [0.1, 0.15) is 23.5 Å². The topological polar surface area (TPSA) is 68.9 Å². The lowest BCUT2D eigenvalue weighted by atomic mass is 9.94. The van der Waals surface area contributed by atoms with Gasteiger partial charge in [-0.3, -0.25) is 0 Å². The molecule has 0 spiro atoms. The van der Waals surface area contributed by atoms with Crippen molar-refractivity contribution in [2.75, 3.05) is 36.0 Å². The van der Waals surface area contributed by atoms with Crippen molar-refractivity contribution in [3.8, 4) is 6.07 Å². The summed E-state index contributed by atoms with van der Waals surface area (Å²) in [5.41, 5.74) is 1.77. The highest BCUT2D eigenvalue weighted by molar-refractivity contribution is 5.54. The number of hydrogen-bond acceptors (Lipinski definition) is 6. The number of piperidine rings is 1. The highest BCUT2D eigenvalue weighted by Crippen LogP contribution is 2.31. The first kappa shape index (κ1) is 16.8. The van der Waals surface area contributed by atoms with Crippen molar-refractivity contribution < 1.29 is 0 Å². The first-order valence-electron chi connectivity index (χ1n) is 9.45. The number of nitrogens with zero attached hydrogens (tertiary/aromatic N) is 6. The van der Waals surface area contributed by atoms with Crippen LogP contribution in [-0.4, -0.2) is 41.1 Å². The van der Waals surface area contributed by atoms with Crippen LogP contribution in [0.5, 0.6) is 0 Å². The maximum absolute atomic E-state index is 9.38. The van der Waals surface area contributed by atoms with Crippen molar-refractivity contribution in [2.45, 2.75) is 38.5 Å². The molecule has 2 aromatic heterocycles. The van der Waals surface area contributed by atoms with E-state index in [-0.39, 0.29) is 0 Å². The standard InChI is InChI=1S/C20H24N6/c1-15-23-18(12-19(24-15)25-9-2-3-10-25)17-7-5-11-26(14-17)20-16(13-21)6-4-8-22-20/h4,6,8,12,17H,2-3,5,7,9-11,14H2,1H3/t17-/m1/s1. The van der Waals surface area contributed by atoms with Gasteiger partial charge in [-0.05, 0) is 44.7 Å². The molecule has 4 heterocycles. The van der Waals surface area contributed by atoms with E-state index >= 15 is 0 Å². The summed E-state index contributed by atoms with van der Waals surface area (Å²) in [6.45, 7) is 5.95. The van der Waals surface area contributed by atoms with Crippen LogP contribution >= 0.6 is 0 Å². The Labute approximate surface area is 154 Å². The van der Waals surface area contributed by atoms with E-state index < -0.39 is 0 Å². The lowest BCUT2D eigenvalue weighted by Crippen LogP contribution is -2.36. The van der Waals surface area contributed by atoms with Crippen LogP contribution in [0.25, 0.3) is 0 Å². The van der Waals surface area contributed by atoms with Gasteiger partial charge in [0.2, 0.25) is 0 Å². The summed E-state index contributed by atoms with van der Waals surface area (Å²) in [6, 6.07) is 8.10. The average molecular weight is 348 g/mol. The Morgan fingerprint density at radius 1 is 1.12 bits per heavy atom. The number of aromatic nitrogens is 3. The zero-order valence-corrected chi connectivity index (χ0v) is 15.2. The molecule has 0 saturated carbocycles. The highest BCUT2D eigenvalue weighted by atomic mass is 15.2. The van der Waals surface area contributed by atoms with Crippen molar-refractivity contribution in [1.29, 1.82) is 5.26 Å². The predicted molar refractivity (Wildman–Crippen MR) is 101 cm³/mol. The molecule has 0 amide bonds. The van der Waals surface area contributed by atoms with Gasteiger partial charge in [0.05, 0.1) is 11.3 Å². The zero-order valence-electron chi connectivity index (χ0n) is 15.2. The second-order valence-electron chi connectivity index (χ2n) is 7.16. The Balaban J connectivity index is 1.59. The van der Waals surface area contributed by atoms with E-state index in [2.05, 4.69) is 31.9 Å². The minimum atomic E-state index is 0.348. The van der Waals surface area contributed by atoms with Gasteiger partial charge in [-0.25, -0.2) is 15.0 Å². The lowest BCUT2D eigenvalue weighted by Gasteiger charge is -2.34. The van der Waals surface area contributed by atoms with E-state index in [0.717, 1.165) is 62.2 Å². The van der Waals surface area contributed by atoms with Crippen LogP contribution in [0.3, 0.4) is 0 Å². The highest BCUT2D eigenvalue weighted by Gasteiger charge is 2.26. The van der Waals surface area contributed by atoms with Gasteiger partial charge in [0, 0.05) is 44.4 Å². The van der Waals surface area contributed by atoms with Gasteiger partial charge in [0.15, 0.2) is 0 Å². The Kier molecular flexibility index (Phi) is 4.70.